The van der Waals surface area contributed by atoms with Crippen molar-refractivity contribution in [3.8, 4) is 0 Å². The van der Waals surface area contributed by atoms with Crippen molar-refractivity contribution in [2.24, 2.45) is 17.8 Å². The molecular formula is C15H26F2. The lowest BCUT2D eigenvalue weighted by atomic mass is 9.80. The second-order valence-corrected chi connectivity index (χ2v) is 6.21. The number of fused-ring (bicyclic) bond motifs is 1. The Hall–Kier alpha value is -0.140. The van der Waals surface area contributed by atoms with E-state index in [0.717, 1.165) is 5.92 Å². The van der Waals surface area contributed by atoms with Crippen LogP contribution in [0.2, 0.25) is 0 Å². The largest absolute Gasteiger partial charge is 0.244 e. The van der Waals surface area contributed by atoms with Gasteiger partial charge in [-0.1, -0.05) is 39.0 Å². The summed E-state index contributed by atoms with van der Waals surface area (Å²) in [4.78, 5) is 0. The van der Waals surface area contributed by atoms with Crippen LogP contribution in [0.25, 0.3) is 0 Å². The zero-order valence-corrected chi connectivity index (χ0v) is 11.0. The Morgan fingerprint density at radius 1 is 0.824 bits per heavy atom. The van der Waals surface area contributed by atoms with E-state index < -0.39 is 12.3 Å². The van der Waals surface area contributed by atoms with E-state index in [0.29, 0.717) is 24.7 Å². The molecule has 2 aliphatic rings. The molecule has 0 spiro atoms. The van der Waals surface area contributed by atoms with Crippen LogP contribution in [0.3, 0.4) is 0 Å². The fraction of sp³-hybridized carbons (Fsp3) is 1.00. The third kappa shape index (κ3) is 3.42. The van der Waals surface area contributed by atoms with Crippen LogP contribution in [0.1, 0.15) is 64.7 Å². The Morgan fingerprint density at radius 3 is 1.94 bits per heavy atom. The van der Waals surface area contributed by atoms with Gasteiger partial charge in [-0.3, -0.25) is 0 Å². The zero-order valence-electron chi connectivity index (χ0n) is 11.0. The highest BCUT2D eigenvalue weighted by atomic mass is 19.2. The summed E-state index contributed by atoms with van der Waals surface area (Å²) in [6.07, 6.45) is 7.55. The minimum Gasteiger partial charge on any atom is -0.244 e. The fourth-order valence-electron chi connectivity index (χ4n) is 3.88. The maximum atomic E-state index is 13.3. The first kappa shape index (κ1) is 13.3. The molecule has 4 atom stereocenters. The van der Waals surface area contributed by atoms with Crippen molar-refractivity contribution >= 4 is 0 Å². The first-order valence-electron chi connectivity index (χ1n) is 7.48. The van der Waals surface area contributed by atoms with Crippen molar-refractivity contribution in [2.75, 3.05) is 0 Å². The molecule has 0 aromatic rings. The summed E-state index contributed by atoms with van der Waals surface area (Å²) < 4.78 is 26.6. The summed E-state index contributed by atoms with van der Waals surface area (Å²) in [7, 11) is 0. The lowest BCUT2D eigenvalue weighted by Gasteiger charge is -2.30. The molecule has 17 heavy (non-hydrogen) atoms. The van der Waals surface area contributed by atoms with Gasteiger partial charge in [0.05, 0.1) is 0 Å². The Labute approximate surface area is 104 Å². The van der Waals surface area contributed by atoms with Crippen LogP contribution in [-0.2, 0) is 0 Å². The average Bonchev–Trinajstić information content (AvgIpc) is 2.67. The summed E-state index contributed by atoms with van der Waals surface area (Å²) in [6, 6.07) is 0. The van der Waals surface area contributed by atoms with Gasteiger partial charge in [-0.05, 0) is 43.4 Å². The van der Waals surface area contributed by atoms with E-state index in [1.807, 2.05) is 0 Å². The minimum atomic E-state index is -1.17. The van der Waals surface area contributed by atoms with Gasteiger partial charge >= 0.3 is 0 Å². The van der Waals surface area contributed by atoms with Crippen molar-refractivity contribution in [3.05, 3.63) is 0 Å². The molecule has 0 amide bonds. The molecule has 4 unspecified atom stereocenters. The highest BCUT2D eigenvalue weighted by molar-refractivity contribution is 4.92. The van der Waals surface area contributed by atoms with Gasteiger partial charge in [0, 0.05) is 0 Å². The fourth-order valence-corrected chi connectivity index (χ4v) is 3.88. The predicted molar refractivity (Wildman–Crippen MR) is 67.5 cm³/mol. The topological polar surface area (TPSA) is 0 Å². The van der Waals surface area contributed by atoms with Crippen molar-refractivity contribution in [1.82, 2.24) is 0 Å². The summed E-state index contributed by atoms with van der Waals surface area (Å²) in [5, 5.41) is 0. The lowest BCUT2D eigenvalue weighted by molar-refractivity contribution is 0.0628. The minimum absolute atomic E-state index is 0.494. The number of hydrogen-bond donors (Lipinski definition) is 0. The smallest absolute Gasteiger partial charge is 0.131 e. The molecule has 2 aliphatic carbocycles. The molecule has 2 saturated carbocycles. The number of hydrogen-bond acceptors (Lipinski definition) is 0. The van der Waals surface area contributed by atoms with Crippen molar-refractivity contribution in [1.29, 1.82) is 0 Å². The van der Waals surface area contributed by atoms with E-state index >= 15 is 0 Å². The zero-order chi connectivity index (χ0) is 12.3. The van der Waals surface area contributed by atoms with Crippen LogP contribution in [0.4, 0.5) is 8.78 Å². The van der Waals surface area contributed by atoms with Gasteiger partial charge in [-0.2, -0.15) is 0 Å². The Bertz CT molecular complexity index is 211. The SMILES string of the molecule is CCCCCCC1CC2CC(F)C(F)CC2C1. The molecule has 0 saturated heterocycles. The van der Waals surface area contributed by atoms with Gasteiger partial charge in [0.15, 0.2) is 0 Å². The van der Waals surface area contributed by atoms with Crippen LogP contribution in [0, 0.1) is 17.8 Å². The molecule has 2 fully saturated rings. The van der Waals surface area contributed by atoms with Crippen LogP contribution in [-0.4, -0.2) is 12.3 Å². The van der Waals surface area contributed by atoms with E-state index in [-0.39, 0.29) is 0 Å². The lowest BCUT2D eigenvalue weighted by Crippen LogP contribution is -2.31. The highest BCUT2D eigenvalue weighted by Gasteiger charge is 2.42. The standard InChI is InChI=1S/C15H26F2/c1-2-3-4-5-6-11-7-12-9-14(16)15(17)10-13(12)8-11/h11-15H,2-10H2,1H3. The molecule has 100 valence electrons. The van der Waals surface area contributed by atoms with Crippen molar-refractivity contribution in [2.45, 2.75) is 77.1 Å². The van der Waals surface area contributed by atoms with Gasteiger partial charge in [-0.25, -0.2) is 8.78 Å². The third-order valence-corrected chi connectivity index (χ3v) is 4.85. The molecule has 2 heteroatoms. The summed E-state index contributed by atoms with van der Waals surface area (Å²) >= 11 is 0. The molecular weight excluding hydrogens is 218 g/mol. The first-order chi connectivity index (χ1) is 8.20. The van der Waals surface area contributed by atoms with Crippen LogP contribution < -0.4 is 0 Å². The molecule has 0 bridgehead atoms. The molecule has 0 heterocycles. The molecule has 2 rings (SSSR count). The van der Waals surface area contributed by atoms with E-state index in [2.05, 4.69) is 6.92 Å². The number of halogens is 2. The van der Waals surface area contributed by atoms with Gasteiger partial charge in [0.1, 0.15) is 12.3 Å². The second kappa shape index (κ2) is 6.15. The van der Waals surface area contributed by atoms with Gasteiger partial charge < -0.3 is 0 Å². The third-order valence-electron chi connectivity index (χ3n) is 4.85. The van der Waals surface area contributed by atoms with E-state index in [1.54, 1.807) is 0 Å². The summed E-state index contributed by atoms with van der Waals surface area (Å²) in [6.45, 7) is 2.23. The molecule has 0 aromatic heterocycles. The van der Waals surface area contributed by atoms with E-state index in [9.17, 15) is 8.78 Å². The summed E-state index contributed by atoms with van der Waals surface area (Å²) in [5.74, 6) is 1.75. The molecule has 0 N–H and O–H groups in total. The van der Waals surface area contributed by atoms with Crippen molar-refractivity contribution in [3.63, 3.8) is 0 Å². The van der Waals surface area contributed by atoms with E-state index in [1.165, 1.54) is 44.9 Å². The number of rotatable bonds is 5. The molecule has 0 nitrogen and oxygen atoms in total. The van der Waals surface area contributed by atoms with Crippen LogP contribution in [0.15, 0.2) is 0 Å². The monoisotopic (exact) mass is 244 g/mol. The maximum Gasteiger partial charge on any atom is 0.131 e. The maximum absolute atomic E-state index is 13.3. The number of alkyl halides is 2. The Morgan fingerprint density at radius 2 is 1.41 bits per heavy atom. The van der Waals surface area contributed by atoms with Gasteiger partial charge in [-0.15, -0.1) is 0 Å². The quantitative estimate of drug-likeness (QED) is 0.592. The second-order valence-electron chi connectivity index (χ2n) is 6.21. The molecule has 0 aliphatic heterocycles. The van der Waals surface area contributed by atoms with Gasteiger partial charge in [0.2, 0.25) is 0 Å². The predicted octanol–water partition coefficient (Wildman–Crippen LogP) is 5.07. The highest BCUT2D eigenvalue weighted by Crippen LogP contribution is 2.48. The molecule has 0 aromatic carbocycles. The van der Waals surface area contributed by atoms with Gasteiger partial charge in [0.25, 0.3) is 0 Å². The average molecular weight is 244 g/mol. The summed E-state index contributed by atoms with van der Waals surface area (Å²) in [5.41, 5.74) is 0. The normalized spacial score (nSPS) is 41.5. The van der Waals surface area contributed by atoms with E-state index in [4.69, 9.17) is 0 Å². The number of unbranched alkanes of at least 4 members (excludes halogenated alkanes) is 3. The Balaban J connectivity index is 1.71. The van der Waals surface area contributed by atoms with Crippen LogP contribution >= 0.6 is 0 Å². The van der Waals surface area contributed by atoms with Crippen LogP contribution in [0.5, 0.6) is 0 Å². The first-order valence-corrected chi connectivity index (χ1v) is 7.48. The van der Waals surface area contributed by atoms with Crippen molar-refractivity contribution < 1.29 is 8.78 Å². The molecule has 0 radical (unpaired) electrons. The Kier molecular flexibility index (Phi) is 4.81.